The van der Waals surface area contributed by atoms with Crippen LogP contribution >= 0.6 is 0 Å². The number of hydrogen-bond acceptors (Lipinski definition) is 4. The molecular weight excluding hydrogens is 180 g/mol. The SMILES string of the molecule is CCC(O)CN1CCOC(CNC)C1. The lowest BCUT2D eigenvalue weighted by molar-refractivity contribution is -0.0386. The highest BCUT2D eigenvalue weighted by molar-refractivity contribution is 4.74. The van der Waals surface area contributed by atoms with Crippen molar-refractivity contribution in [3.8, 4) is 0 Å². The van der Waals surface area contributed by atoms with Crippen LogP contribution in [0.15, 0.2) is 0 Å². The number of nitrogens with one attached hydrogen (secondary N) is 1. The quantitative estimate of drug-likeness (QED) is 0.641. The number of nitrogens with zero attached hydrogens (tertiary/aromatic N) is 1. The third-order valence-corrected chi connectivity index (χ3v) is 2.59. The maximum atomic E-state index is 9.53. The molecule has 1 aliphatic heterocycles. The van der Waals surface area contributed by atoms with Crippen LogP contribution in [0.3, 0.4) is 0 Å². The topological polar surface area (TPSA) is 44.7 Å². The van der Waals surface area contributed by atoms with E-state index in [1.807, 2.05) is 14.0 Å². The smallest absolute Gasteiger partial charge is 0.0826 e. The van der Waals surface area contributed by atoms with Crippen molar-refractivity contribution >= 4 is 0 Å². The monoisotopic (exact) mass is 202 g/mol. The molecule has 2 N–H and O–H groups in total. The van der Waals surface area contributed by atoms with Crippen LogP contribution in [0.2, 0.25) is 0 Å². The normalized spacial score (nSPS) is 26.4. The number of aliphatic hydroxyl groups is 1. The van der Waals surface area contributed by atoms with Gasteiger partial charge in [-0.15, -0.1) is 0 Å². The first-order valence-electron chi connectivity index (χ1n) is 5.42. The maximum Gasteiger partial charge on any atom is 0.0826 e. The predicted molar refractivity (Wildman–Crippen MR) is 56.4 cm³/mol. The molecule has 1 rings (SSSR count). The molecule has 0 radical (unpaired) electrons. The number of β-amino-alcohol motifs (C(OH)–C–C–N with tert-alkyl or cyclic N) is 1. The Morgan fingerprint density at radius 1 is 1.64 bits per heavy atom. The van der Waals surface area contributed by atoms with E-state index in [2.05, 4.69) is 10.2 Å². The van der Waals surface area contributed by atoms with Gasteiger partial charge in [0, 0.05) is 26.2 Å². The second kappa shape index (κ2) is 6.35. The molecule has 4 heteroatoms. The molecule has 0 amide bonds. The van der Waals surface area contributed by atoms with Gasteiger partial charge in [-0.05, 0) is 13.5 Å². The molecule has 1 saturated heterocycles. The molecule has 0 saturated carbocycles. The minimum atomic E-state index is -0.191. The van der Waals surface area contributed by atoms with Crippen molar-refractivity contribution in [2.45, 2.75) is 25.6 Å². The van der Waals surface area contributed by atoms with Crippen LogP contribution < -0.4 is 5.32 Å². The summed E-state index contributed by atoms with van der Waals surface area (Å²) in [5.74, 6) is 0. The Labute approximate surface area is 86.2 Å². The molecular formula is C10H22N2O2. The van der Waals surface area contributed by atoms with E-state index in [1.165, 1.54) is 0 Å². The van der Waals surface area contributed by atoms with Gasteiger partial charge in [0.1, 0.15) is 0 Å². The molecule has 0 aromatic rings. The molecule has 0 bridgehead atoms. The maximum absolute atomic E-state index is 9.53. The molecule has 2 unspecified atom stereocenters. The van der Waals surface area contributed by atoms with Crippen LogP contribution in [-0.4, -0.2) is 62.0 Å². The average molecular weight is 202 g/mol. The number of hydrogen-bond donors (Lipinski definition) is 2. The summed E-state index contributed by atoms with van der Waals surface area (Å²) in [6.45, 7) is 6.33. The minimum absolute atomic E-state index is 0.191. The Balaban J connectivity index is 2.25. The summed E-state index contributed by atoms with van der Waals surface area (Å²) in [6, 6.07) is 0. The van der Waals surface area contributed by atoms with Crippen molar-refractivity contribution in [1.82, 2.24) is 10.2 Å². The zero-order valence-corrected chi connectivity index (χ0v) is 9.20. The molecule has 1 aliphatic rings. The lowest BCUT2D eigenvalue weighted by Crippen LogP contribution is -2.48. The summed E-state index contributed by atoms with van der Waals surface area (Å²) in [6.07, 6.45) is 0.912. The summed E-state index contributed by atoms with van der Waals surface area (Å²) < 4.78 is 5.58. The molecule has 0 aromatic carbocycles. The molecule has 0 aromatic heterocycles. The Bertz CT molecular complexity index is 153. The third-order valence-electron chi connectivity index (χ3n) is 2.59. The Morgan fingerprint density at radius 2 is 2.43 bits per heavy atom. The highest BCUT2D eigenvalue weighted by Gasteiger charge is 2.20. The lowest BCUT2D eigenvalue weighted by atomic mass is 10.2. The van der Waals surface area contributed by atoms with Gasteiger partial charge in [0.15, 0.2) is 0 Å². The van der Waals surface area contributed by atoms with Crippen molar-refractivity contribution in [3.63, 3.8) is 0 Å². The van der Waals surface area contributed by atoms with E-state index in [0.29, 0.717) is 0 Å². The van der Waals surface area contributed by atoms with Crippen LogP contribution in [0.1, 0.15) is 13.3 Å². The average Bonchev–Trinajstić information content (AvgIpc) is 2.19. The Kier molecular flexibility index (Phi) is 5.40. The van der Waals surface area contributed by atoms with Crippen LogP contribution in [-0.2, 0) is 4.74 Å². The van der Waals surface area contributed by atoms with Crippen LogP contribution in [0.25, 0.3) is 0 Å². The van der Waals surface area contributed by atoms with Crippen molar-refractivity contribution in [2.75, 3.05) is 39.8 Å². The van der Waals surface area contributed by atoms with E-state index in [-0.39, 0.29) is 12.2 Å². The summed E-state index contributed by atoms with van der Waals surface area (Å²) in [5.41, 5.74) is 0. The number of rotatable bonds is 5. The van der Waals surface area contributed by atoms with Crippen molar-refractivity contribution < 1.29 is 9.84 Å². The summed E-state index contributed by atoms with van der Waals surface area (Å²) in [5, 5.41) is 12.6. The molecule has 0 aliphatic carbocycles. The van der Waals surface area contributed by atoms with E-state index < -0.39 is 0 Å². The van der Waals surface area contributed by atoms with Gasteiger partial charge in [-0.1, -0.05) is 6.92 Å². The molecule has 0 spiro atoms. The molecule has 1 heterocycles. The zero-order valence-electron chi connectivity index (χ0n) is 9.20. The van der Waals surface area contributed by atoms with Gasteiger partial charge in [-0.3, -0.25) is 4.90 Å². The molecule has 4 nitrogen and oxygen atoms in total. The number of morpholine rings is 1. The van der Waals surface area contributed by atoms with Crippen LogP contribution in [0.5, 0.6) is 0 Å². The van der Waals surface area contributed by atoms with Gasteiger partial charge in [0.2, 0.25) is 0 Å². The number of likely N-dealkylation sites (N-methyl/N-ethyl adjacent to an activating group) is 1. The van der Waals surface area contributed by atoms with Gasteiger partial charge in [-0.25, -0.2) is 0 Å². The molecule has 14 heavy (non-hydrogen) atoms. The second-order valence-electron chi connectivity index (χ2n) is 3.87. The first-order valence-corrected chi connectivity index (χ1v) is 5.42. The van der Waals surface area contributed by atoms with E-state index in [0.717, 1.165) is 39.2 Å². The highest BCUT2D eigenvalue weighted by atomic mass is 16.5. The predicted octanol–water partition coefficient (Wildman–Crippen LogP) is -0.322. The standard InChI is InChI=1S/C10H22N2O2/c1-3-9(13)7-12-4-5-14-10(8-12)6-11-2/h9-11,13H,3-8H2,1-2H3. The Hall–Kier alpha value is -0.160. The molecule has 84 valence electrons. The number of aliphatic hydroxyl groups excluding tert-OH is 1. The van der Waals surface area contributed by atoms with Gasteiger partial charge >= 0.3 is 0 Å². The van der Waals surface area contributed by atoms with E-state index >= 15 is 0 Å². The van der Waals surface area contributed by atoms with Gasteiger partial charge < -0.3 is 15.2 Å². The Morgan fingerprint density at radius 3 is 3.07 bits per heavy atom. The largest absolute Gasteiger partial charge is 0.392 e. The van der Waals surface area contributed by atoms with Crippen molar-refractivity contribution in [2.24, 2.45) is 0 Å². The van der Waals surface area contributed by atoms with Crippen LogP contribution in [0, 0.1) is 0 Å². The zero-order chi connectivity index (χ0) is 10.4. The summed E-state index contributed by atoms with van der Waals surface area (Å²) in [7, 11) is 1.93. The first kappa shape index (κ1) is 11.9. The van der Waals surface area contributed by atoms with E-state index in [1.54, 1.807) is 0 Å². The van der Waals surface area contributed by atoms with Crippen LogP contribution in [0.4, 0.5) is 0 Å². The summed E-state index contributed by atoms with van der Waals surface area (Å²) >= 11 is 0. The fraction of sp³-hybridized carbons (Fsp3) is 1.00. The minimum Gasteiger partial charge on any atom is -0.392 e. The van der Waals surface area contributed by atoms with Crippen molar-refractivity contribution in [1.29, 1.82) is 0 Å². The molecule has 1 fully saturated rings. The molecule has 2 atom stereocenters. The van der Waals surface area contributed by atoms with E-state index in [4.69, 9.17) is 4.74 Å². The first-order chi connectivity index (χ1) is 6.76. The lowest BCUT2D eigenvalue weighted by Gasteiger charge is -2.33. The fourth-order valence-electron chi connectivity index (χ4n) is 1.72. The van der Waals surface area contributed by atoms with Gasteiger partial charge in [-0.2, -0.15) is 0 Å². The summed E-state index contributed by atoms with van der Waals surface area (Å²) in [4.78, 5) is 2.28. The highest BCUT2D eigenvalue weighted by Crippen LogP contribution is 2.06. The number of ether oxygens (including phenoxy) is 1. The fourth-order valence-corrected chi connectivity index (χ4v) is 1.72. The van der Waals surface area contributed by atoms with E-state index in [9.17, 15) is 5.11 Å². The van der Waals surface area contributed by atoms with Gasteiger partial charge in [0.25, 0.3) is 0 Å². The van der Waals surface area contributed by atoms with Crippen molar-refractivity contribution in [3.05, 3.63) is 0 Å². The third kappa shape index (κ3) is 3.92. The van der Waals surface area contributed by atoms with Gasteiger partial charge in [0.05, 0.1) is 18.8 Å². The second-order valence-corrected chi connectivity index (χ2v) is 3.87.